The van der Waals surface area contributed by atoms with Crippen molar-refractivity contribution in [1.29, 1.82) is 0 Å². The van der Waals surface area contributed by atoms with Gasteiger partial charge in [-0.15, -0.1) is 0 Å². The van der Waals surface area contributed by atoms with E-state index in [0.29, 0.717) is 25.7 Å². The Labute approximate surface area is 114 Å². The molecule has 0 aromatic heterocycles. The van der Waals surface area contributed by atoms with Gasteiger partial charge in [0.1, 0.15) is 0 Å². The second-order valence-electron chi connectivity index (χ2n) is 4.98. The van der Waals surface area contributed by atoms with Crippen LogP contribution in [0.4, 0.5) is 5.69 Å². The van der Waals surface area contributed by atoms with E-state index in [4.69, 9.17) is 10.5 Å². The van der Waals surface area contributed by atoms with Crippen LogP contribution in [0.25, 0.3) is 0 Å². The van der Waals surface area contributed by atoms with E-state index in [1.54, 1.807) is 0 Å². The standard InChI is InChI=1S/C15H22N2O2/c16-11-12-5-7-13(8-6-12)17-15(18)9-10-19-14-3-1-2-4-14/h5-8,14H,1-4,9-11,16H2,(H,17,18). The van der Waals surface area contributed by atoms with E-state index in [9.17, 15) is 4.79 Å². The SMILES string of the molecule is NCc1ccc(NC(=O)CCOC2CCCC2)cc1. The highest BCUT2D eigenvalue weighted by Gasteiger charge is 2.15. The maximum absolute atomic E-state index is 11.7. The summed E-state index contributed by atoms with van der Waals surface area (Å²) in [6, 6.07) is 7.59. The Morgan fingerprint density at radius 1 is 1.26 bits per heavy atom. The lowest BCUT2D eigenvalue weighted by Crippen LogP contribution is -2.17. The van der Waals surface area contributed by atoms with Crippen LogP contribution in [-0.4, -0.2) is 18.6 Å². The summed E-state index contributed by atoms with van der Waals surface area (Å²) in [4.78, 5) is 11.7. The fourth-order valence-electron chi connectivity index (χ4n) is 2.32. The first-order chi connectivity index (χ1) is 9.28. The molecule has 3 N–H and O–H groups in total. The molecule has 1 fully saturated rings. The fraction of sp³-hybridized carbons (Fsp3) is 0.533. The third-order valence-electron chi connectivity index (χ3n) is 3.46. The van der Waals surface area contributed by atoms with Crippen molar-refractivity contribution in [3.63, 3.8) is 0 Å². The smallest absolute Gasteiger partial charge is 0.226 e. The van der Waals surface area contributed by atoms with Crippen LogP contribution >= 0.6 is 0 Å². The summed E-state index contributed by atoms with van der Waals surface area (Å²) in [5, 5.41) is 2.86. The minimum Gasteiger partial charge on any atom is -0.378 e. The van der Waals surface area contributed by atoms with Gasteiger partial charge >= 0.3 is 0 Å². The molecule has 4 nitrogen and oxygen atoms in total. The van der Waals surface area contributed by atoms with E-state index in [-0.39, 0.29) is 5.91 Å². The number of nitrogens with one attached hydrogen (secondary N) is 1. The maximum Gasteiger partial charge on any atom is 0.226 e. The Bertz CT molecular complexity index is 397. The number of ether oxygens (including phenoxy) is 1. The van der Waals surface area contributed by atoms with Gasteiger partial charge in [-0.1, -0.05) is 25.0 Å². The normalized spacial score (nSPS) is 15.6. The Balaban J connectivity index is 1.68. The molecule has 1 aliphatic carbocycles. The number of carbonyl (C=O) groups excluding carboxylic acids is 1. The number of carbonyl (C=O) groups is 1. The average molecular weight is 262 g/mol. The summed E-state index contributed by atoms with van der Waals surface area (Å²) in [5.74, 6) is -0.00139. The number of hydrogen-bond donors (Lipinski definition) is 2. The van der Waals surface area contributed by atoms with Gasteiger partial charge in [0.2, 0.25) is 5.91 Å². The summed E-state index contributed by atoms with van der Waals surface area (Å²) in [6.07, 6.45) is 5.57. The molecular formula is C15H22N2O2. The molecule has 0 atom stereocenters. The molecule has 1 aromatic carbocycles. The summed E-state index contributed by atoms with van der Waals surface area (Å²) >= 11 is 0. The van der Waals surface area contributed by atoms with Crippen LogP contribution in [0.2, 0.25) is 0 Å². The Kier molecular flexibility index (Phi) is 5.36. The van der Waals surface area contributed by atoms with Crippen molar-refractivity contribution in [2.45, 2.75) is 44.8 Å². The van der Waals surface area contributed by atoms with Crippen LogP contribution in [0.1, 0.15) is 37.7 Å². The molecular weight excluding hydrogens is 240 g/mol. The molecule has 0 bridgehead atoms. The van der Waals surface area contributed by atoms with Gasteiger partial charge in [0, 0.05) is 12.2 Å². The van der Waals surface area contributed by atoms with Gasteiger partial charge in [0.25, 0.3) is 0 Å². The Morgan fingerprint density at radius 2 is 1.95 bits per heavy atom. The number of rotatable bonds is 6. The molecule has 1 aliphatic rings. The zero-order chi connectivity index (χ0) is 13.5. The van der Waals surface area contributed by atoms with Gasteiger partial charge in [0.05, 0.1) is 19.1 Å². The molecule has 0 unspecified atom stereocenters. The fourth-order valence-corrected chi connectivity index (χ4v) is 2.32. The minimum atomic E-state index is -0.00139. The van der Waals surface area contributed by atoms with Crippen molar-refractivity contribution < 1.29 is 9.53 Å². The van der Waals surface area contributed by atoms with E-state index < -0.39 is 0 Å². The lowest BCUT2D eigenvalue weighted by Gasteiger charge is -2.11. The van der Waals surface area contributed by atoms with Gasteiger partial charge in [-0.3, -0.25) is 4.79 Å². The molecule has 1 saturated carbocycles. The van der Waals surface area contributed by atoms with Crippen LogP contribution < -0.4 is 11.1 Å². The first kappa shape index (κ1) is 14.0. The first-order valence-electron chi connectivity index (χ1n) is 6.98. The molecule has 0 heterocycles. The molecule has 0 aliphatic heterocycles. The summed E-state index contributed by atoms with van der Waals surface area (Å²) in [6.45, 7) is 1.03. The number of nitrogens with two attached hydrogens (primary N) is 1. The first-order valence-corrected chi connectivity index (χ1v) is 6.98. The second kappa shape index (κ2) is 7.26. The highest BCUT2D eigenvalue weighted by molar-refractivity contribution is 5.90. The number of anilines is 1. The highest BCUT2D eigenvalue weighted by atomic mass is 16.5. The highest BCUT2D eigenvalue weighted by Crippen LogP contribution is 2.20. The summed E-state index contributed by atoms with van der Waals surface area (Å²) in [5.41, 5.74) is 7.39. The van der Waals surface area contributed by atoms with Crippen molar-refractivity contribution in [2.24, 2.45) is 5.73 Å². The molecule has 0 saturated heterocycles. The van der Waals surface area contributed by atoms with Crippen molar-refractivity contribution in [1.82, 2.24) is 0 Å². The van der Waals surface area contributed by atoms with Crippen molar-refractivity contribution in [3.05, 3.63) is 29.8 Å². The van der Waals surface area contributed by atoms with E-state index in [1.807, 2.05) is 24.3 Å². The number of benzene rings is 1. The molecule has 4 heteroatoms. The quantitative estimate of drug-likeness (QED) is 0.827. The van der Waals surface area contributed by atoms with Gasteiger partial charge < -0.3 is 15.8 Å². The van der Waals surface area contributed by atoms with Gasteiger partial charge in [-0.05, 0) is 30.5 Å². The topological polar surface area (TPSA) is 64.3 Å². The van der Waals surface area contributed by atoms with E-state index in [0.717, 1.165) is 24.1 Å². The zero-order valence-electron chi connectivity index (χ0n) is 11.2. The van der Waals surface area contributed by atoms with Gasteiger partial charge in [0.15, 0.2) is 0 Å². The summed E-state index contributed by atoms with van der Waals surface area (Å²) < 4.78 is 5.67. The Hall–Kier alpha value is -1.39. The van der Waals surface area contributed by atoms with Gasteiger partial charge in [-0.2, -0.15) is 0 Å². The molecule has 0 radical (unpaired) electrons. The predicted molar refractivity (Wildman–Crippen MR) is 75.8 cm³/mol. The van der Waals surface area contributed by atoms with E-state index in [1.165, 1.54) is 12.8 Å². The molecule has 0 spiro atoms. The number of amides is 1. The molecule has 1 aromatic rings. The van der Waals surface area contributed by atoms with Crippen LogP contribution in [0.5, 0.6) is 0 Å². The van der Waals surface area contributed by atoms with Crippen molar-refractivity contribution >= 4 is 11.6 Å². The van der Waals surface area contributed by atoms with Crippen LogP contribution in [0, 0.1) is 0 Å². The monoisotopic (exact) mass is 262 g/mol. The molecule has 104 valence electrons. The third kappa shape index (κ3) is 4.65. The van der Waals surface area contributed by atoms with Crippen molar-refractivity contribution in [2.75, 3.05) is 11.9 Å². The maximum atomic E-state index is 11.7. The second-order valence-corrected chi connectivity index (χ2v) is 4.98. The zero-order valence-corrected chi connectivity index (χ0v) is 11.2. The van der Waals surface area contributed by atoms with E-state index >= 15 is 0 Å². The summed E-state index contributed by atoms with van der Waals surface area (Å²) in [7, 11) is 0. The van der Waals surface area contributed by atoms with Crippen molar-refractivity contribution in [3.8, 4) is 0 Å². The Morgan fingerprint density at radius 3 is 2.58 bits per heavy atom. The largest absolute Gasteiger partial charge is 0.378 e. The molecule has 19 heavy (non-hydrogen) atoms. The van der Waals surface area contributed by atoms with Crippen LogP contribution in [-0.2, 0) is 16.1 Å². The lowest BCUT2D eigenvalue weighted by molar-refractivity contribution is -0.117. The van der Waals surface area contributed by atoms with E-state index in [2.05, 4.69) is 5.32 Å². The van der Waals surface area contributed by atoms with Crippen LogP contribution in [0.15, 0.2) is 24.3 Å². The third-order valence-corrected chi connectivity index (χ3v) is 3.46. The van der Waals surface area contributed by atoms with Gasteiger partial charge in [-0.25, -0.2) is 0 Å². The average Bonchev–Trinajstić information content (AvgIpc) is 2.93. The molecule has 1 amide bonds. The minimum absolute atomic E-state index is 0.00139. The lowest BCUT2D eigenvalue weighted by atomic mass is 10.2. The molecule has 2 rings (SSSR count). The predicted octanol–water partition coefficient (Wildman–Crippen LogP) is 2.43. The van der Waals surface area contributed by atoms with Crippen LogP contribution in [0.3, 0.4) is 0 Å². The number of hydrogen-bond acceptors (Lipinski definition) is 3.